The maximum atomic E-state index is 14.3. The number of halogens is 3. The van der Waals surface area contributed by atoms with E-state index in [0.29, 0.717) is 72.1 Å². The summed E-state index contributed by atoms with van der Waals surface area (Å²) in [5.41, 5.74) is 5.66. The molecule has 6 aromatic rings. The van der Waals surface area contributed by atoms with Gasteiger partial charge in [-0.25, -0.2) is 23.4 Å². The van der Waals surface area contributed by atoms with Crippen molar-refractivity contribution in [1.29, 1.82) is 0 Å². The van der Waals surface area contributed by atoms with E-state index in [1.54, 1.807) is 38.7 Å². The number of alkyl halides is 2. The fourth-order valence-corrected chi connectivity index (χ4v) is 9.73. The Labute approximate surface area is 374 Å². The van der Waals surface area contributed by atoms with Crippen molar-refractivity contribution >= 4 is 51.0 Å². The van der Waals surface area contributed by atoms with Crippen LogP contribution in [0.5, 0.6) is 11.5 Å². The van der Waals surface area contributed by atoms with Crippen LogP contribution in [0.15, 0.2) is 67.0 Å². The van der Waals surface area contributed by atoms with Crippen LogP contribution in [0, 0.1) is 11.8 Å². The normalized spacial score (nSPS) is 19.3. The smallest absolute Gasteiger partial charge is 0.306 e. The van der Waals surface area contributed by atoms with Gasteiger partial charge >= 0.3 is 5.97 Å². The molecular formula is C47H53ClF2N8O6. The molecule has 2 aliphatic rings. The van der Waals surface area contributed by atoms with Gasteiger partial charge in [0, 0.05) is 60.4 Å². The molecule has 17 heteroatoms. The predicted octanol–water partition coefficient (Wildman–Crippen LogP) is 8.76. The molecular weight excluding hydrogens is 846 g/mol. The van der Waals surface area contributed by atoms with Crippen LogP contribution in [0.4, 0.5) is 20.3 Å². The van der Waals surface area contributed by atoms with Crippen molar-refractivity contribution in [2.24, 2.45) is 11.8 Å². The number of ether oxygens (including phenoxy) is 2. The molecule has 0 aliphatic heterocycles. The Hall–Kier alpha value is -5.52. The summed E-state index contributed by atoms with van der Waals surface area (Å²) in [6, 6.07) is 17.4. The Balaban J connectivity index is 1.05. The summed E-state index contributed by atoms with van der Waals surface area (Å²) in [5, 5.41) is 37.8. The minimum Gasteiger partial charge on any atom is -0.496 e. The summed E-state index contributed by atoms with van der Waals surface area (Å²) < 4.78 is 42.2. The molecule has 2 fully saturated rings. The quantitative estimate of drug-likeness (QED) is 0.0722. The first-order valence-electron chi connectivity index (χ1n) is 21.6. The molecule has 2 aliphatic carbocycles. The highest BCUT2D eigenvalue weighted by molar-refractivity contribution is 6.36. The summed E-state index contributed by atoms with van der Waals surface area (Å²) in [7, 11) is 7.28. The first-order chi connectivity index (χ1) is 30.8. The zero-order chi connectivity index (χ0) is 45.2. The zero-order valence-corrected chi connectivity index (χ0v) is 37.0. The van der Waals surface area contributed by atoms with E-state index in [4.69, 9.17) is 26.2 Å². The highest BCUT2D eigenvalue weighted by Gasteiger charge is 2.30. The molecule has 4 N–H and O–H groups in total. The van der Waals surface area contributed by atoms with E-state index >= 15 is 0 Å². The number of anilines is 2. The molecule has 64 heavy (non-hydrogen) atoms. The van der Waals surface area contributed by atoms with Gasteiger partial charge in [0.05, 0.1) is 59.3 Å². The Morgan fingerprint density at radius 2 is 1.52 bits per heavy atom. The maximum absolute atomic E-state index is 14.3. The number of aliphatic hydroxyl groups excluding tert-OH is 1. The number of carbonyl (C=O) groups is 1. The molecule has 0 saturated heterocycles. The lowest BCUT2D eigenvalue weighted by molar-refractivity contribution is -0.143. The number of carboxylic acids is 1. The number of hydrogen-bond acceptors (Lipinski definition) is 12. The summed E-state index contributed by atoms with van der Waals surface area (Å²) in [4.78, 5) is 29.0. The van der Waals surface area contributed by atoms with Gasteiger partial charge < -0.3 is 30.1 Å². The first-order valence-corrected chi connectivity index (χ1v) is 21.9. The van der Waals surface area contributed by atoms with Gasteiger partial charge in [-0.3, -0.25) is 19.6 Å². The molecule has 0 bridgehead atoms. The number of nitrogens with zero attached hydrogens (tertiary/aromatic N) is 7. The van der Waals surface area contributed by atoms with Gasteiger partial charge in [0.15, 0.2) is 17.9 Å². The third kappa shape index (κ3) is 9.33. The number of pyridine rings is 1. The summed E-state index contributed by atoms with van der Waals surface area (Å²) in [6.45, 7) is 1.06. The van der Waals surface area contributed by atoms with Crippen molar-refractivity contribution in [3.05, 3.63) is 89.0 Å². The average Bonchev–Trinajstić information content (AvgIpc) is 3.74. The second kappa shape index (κ2) is 19.3. The van der Waals surface area contributed by atoms with Crippen LogP contribution in [0.3, 0.4) is 0 Å². The highest BCUT2D eigenvalue weighted by atomic mass is 35.5. The van der Waals surface area contributed by atoms with Gasteiger partial charge in [0.2, 0.25) is 0 Å². The summed E-state index contributed by atoms with van der Waals surface area (Å²) >= 11 is 7.17. The molecule has 3 aromatic heterocycles. The minimum absolute atomic E-state index is 0.0919. The van der Waals surface area contributed by atoms with Gasteiger partial charge in [0.1, 0.15) is 17.0 Å². The molecule has 0 radical (unpaired) electrons. The maximum Gasteiger partial charge on any atom is 0.306 e. The standard InChI is InChI=1S/C47H53ClF2N8O6/c1-56(29-15-11-27(12-16-29)46(59)60)24-26-19-37-42(51-22-26)44(55-45(54-37)43(49)50)53-36-9-5-8-33(41(36)48)32-7-6-10-38-34(32)23-52-58(38)31-20-39(63-3)35(40(21-31)64-4)25-57(2)30-17-13-28(14-18-30)47(61)62/h5-10,19-23,27-30,43,46,59-60H,11-18,24-25H2,1-4H3,(H,61,62)(H,53,54,55). The zero-order valence-electron chi connectivity index (χ0n) is 36.2. The topological polar surface area (TPSA) is 171 Å². The fourth-order valence-electron chi connectivity index (χ4n) is 9.45. The molecule has 0 amide bonds. The molecule has 14 nitrogen and oxygen atoms in total. The Kier molecular flexibility index (Phi) is 13.6. The van der Waals surface area contributed by atoms with Crippen molar-refractivity contribution in [3.63, 3.8) is 0 Å². The van der Waals surface area contributed by atoms with Crippen LogP contribution in [-0.2, 0) is 17.9 Å². The average molecular weight is 899 g/mol. The second-order valence-electron chi connectivity index (χ2n) is 17.0. The van der Waals surface area contributed by atoms with Gasteiger partial charge in [-0.2, -0.15) is 5.10 Å². The molecule has 8 rings (SSSR count). The predicted molar refractivity (Wildman–Crippen MR) is 240 cm³/mol. The number of aromatic nitrogens is 5. The van der Waals surface area contributed by atoms with E-state index in [-0.39, 0.29) is 35.3 Å². The third-order valence-corrected chi connectivity index (χ3v) is 13.5. The molecule has 3 heterocycles. The molecule has 338 valence electrons. The van der Waals surface area contributed by atoms with Crippen LogP contribution < -0.4 is 14.8 Å². The number of nitrogens with one attached hydrogen (secondary N) is 1. The van der Waals surface area contributed by atoms with Gasteiger partial charge in [-0.05, 0) is 94.8 Å². The first kappa shape index (κ1) is 45.1. The molecule has 0 spiro atoms. The number of hydrogen-bond donors (Lipinski definition) is 4. The van der Waals surface area contributed by atoms with Gasteiger partial charge in [0.25, 0.3) is 6.43 Å². The van der Waals surface area contributed by atoms with Crippen molar-refractivity contribution in [2.75, 3.05) is 33.6 Å². The number of benzene rings is 3. The number of carboxylic acid groups (broad SMARTS) is 1. The van der Waals surface area contributed by atoms with E-state index < -0.39 is 24.5 Å². The third-order valence-electron chi connectivity index (χ3n) is 13.1. The summed E-state index contributed by atoms with van der Waals surface area (Å²) in [5.74, 6) is -0.424. The molecule has 2 saturated carbocycles. The van der Waals surface area contributed by atoms with Crippen molar-refractivity contribution < 1.29 is 38.4 Å². The van der Waals surface area contributed by atoms with Crippen LogP contribution in [0.1, 0.15) is 74.7 Å². The van der Waals surface area contributed by atoms with E-state index in [1.807, 2.05) is 61.2 Å². The van der Waals surface area contributed by atoms with E-state index in [0.717, 1.165) is 59.0 Å². The van der Waals surface area contributed by atoms with E-state index in [9.17, 15) is 28.9 Å². The van der Waals surface area contributed by atoms with Crippen molar-refractivity contribution in [2.45, 2.75) is 89.3 Å². The Bertz CT molecular complexity index is 2610. The van der Waals surface area contributed by atoms with Gasteiger partial charge in [-0.1, -0.05) is 35.9 Å². The highest BCUT2D eigenvalue weighted by Crippen LogP contribution is 2.41. The van der Waals surface area contributed by atoms with Crippen LogP contribution >= 0.6 is 11.6 Å². The second-order valence-corrected chi connectivity index (χ2v) is 17.4. The number of aliphatic hydroxyl groups is 2. The molecule has 0 atom stereocenters. The number of methoxy groups -OCH3 is 2. The fraction of sp³-hybridized carbons (Fsp3) is 0.426. The van der Waals surface area contributed by atoms with Crippen LogP contribution in [0.25, 0.3) is 38.8 Å². The molecule has 3 aromatic carbocycles. The summed E-state index contributed by atoms with van der Waals surface area (Å²) in [6.07, 6.45) is 5.21. The van der Waals surface area contributed by atoms with Crippen molar-refractivity contribution in [3.8, 4) is 28.3 Å². The minimum atomic E-state index is -2.93. The number of aliphatic carboxylic acids is 1. The van der Waals surface area contributed by atoms with Gasteiger partial charge in [-0.15, -0.1) is 0 Å². The van der Waals surface area contributed by atoms with Crippen LogP contribution in [-0.4, -0.2) is 103 Å². The monoisotopic (exact) mass is 898 g/mol. The number of rotatable bonds is 15. The van der Waals surface area contributed by atoms with E-state index in [2.05, 4.69) is 30.1 Å². The number of fused-ring (bicyclic) bond motifs is 2. The lowest BCUT2D eigenvalue weighted by Crippen LogP contribution is -2.37. The SMILES string of the molecule is COc1cc(-n2ncc3c(-c4cccc(Nc5nc(C(F)F)nc6cc(CN(C)C7CCC(C(O)O)CC7)cnc56)c4Cl)cccc32)cc(OC)c1CN(C)C1CCC(C(=O)O)CC1. The largest absolute Gasteiger partial charge is 0.496 e. The lowest BCUT2D eigenvalue weighted by atomic mass is 9.85. The van der Waals surface area contributed by atoms with Crippen LogP contribution in [0.2, 0.25) is 5.02 Å². The van der Waals surface area contributed by atoms with E-state index in [1.165, 1.54) is 0 Å². The Morgan fingerprint density at radius 1 is 0.875 bits per heavy atom. The lowest BCUT2D eigenvalue weighted by Gasteiger charge is -2.35. The Morgan fingerprint density at radius 3 is 2.16 bits per heavy atom. The molecule has 0 unspecified atom stereocenters. The van der Waals surface area contributed by atoms with Crippen molar-refractivity contribution in [1.82, 2.24) is 34.5 Å².